The molecular formula is C18H35NO. The maximum absolute atomic E-state index is 6.57. The third kappa shape index (κ3) is 4.21. The van der Waals surface area contributed by atoms with Crippen LogP contribution in [-0.2, 0) is 4.74 Å². The summed E-state index contributed by atoms with van der Waals surface area (Å²) >= 11 is 0. The van der Waals surface area contributed by atoms with Crippen molar-refractivity contribution < 1.29 is 4.74 Å². The Balaban J connectivity index is 1.82. The summed E-state index contributed by atoms with van der Waals surface area (Å²) in [4.78, 5) is 0. The molecule has 1 saturated heterocycles. The molecule has 2 nitrogen and oxygen atoms in total. The van der Waals surface area contributed by atoms with E-state index < -0.39 is 0 Å². The van der Waals surface area contributed by atoms with Crippen molar-refractivity contribution in [3.8, 4) is 0 Å². The van der Waals surface area contributed by atoms with Gasteiger partial charge >= 0.3 is 0 Å². The van der Waals surface area contributed by atoms with Crippen molar-refractivity contribution in [2.45, 2.75) is 96.7 Å². The van der Waals surface area contributed by atoms with Crippen LogP contribution in [0.1, 0.15) is 85.0 Å². The van der Waals surface area contributed by atoms with E-state index in [4.69, 9.17) is 4.74 Å². The average molecular weight is 281 g/mol. The van der Waals surface area contributed by atoms with Crippen molar-refractivity contribution in [3.05, 3.63) is 0 Å². The van der Waals surface area contributed by atoms with E-state index in [0.29, 0.717) is 11.5 Å². The molecule has 20 heavy (non-hydrogen) atoms. The van der Waals surface area contributed by atoms with Crippen LogP contribution < -0.4 is 5.32 Å². The molecule has 0 bridgehead atoms. The first kappa shape index (κ1) is 16.3. The van der Waals surface area contributed by atoms with Crippen LogP contribution in [0.4, 0.5) is 0 Å². The first-order valence-electron chi connectivity index (χ1n) is 9.00. The molecule has 2 rings (SSSR count). The smallest absolute Gasteiger partial charge is 0.0687 e. The summed E-state index contributed by atoms with van der Waals surface area (Å²) in [5, 5.41) is 3.62. The second-order valence-corrected chi connectivity index (χ2v) is 7.57. The lowest BCUT2D eigenvalue weighted by Crippen LogP contribution is -2.36. The number of ether oxygens (including phenoxy) is 1. The van der Waals surface area contributed by atoms with E-state index in [9.17, 15) is 0 Å². The van der Waals surface area contributed by atoms with Gasteiger partial charge in [0.05, 0.1) is 11.7 Å². The molecule has 1 heterocycles. The van der Waals surface area contributed by atoms with Gasteiger partial charge in [0, 0.05) is 6.54 Å². The molecule has 0 aromatic heterocycles. The minimum atomic E-state index is 0.286. The summed E-state index contributed by atoms with van der Waals surface area (Å²) in [6, 6.07) is 0. The number of rotatable bonds is 7. The van der Waals surface area contributed by atoms with Crippen LogP contribution in [0.25, 0.3) is 0 Å². The molecule has 0 aromatic carbocycles. The lowest BCUT2D eigenvalue weighted by molar-refractivity contribution is -0.0759. The van der Waals surface area contributed by atoms with Crippen LogP contribution in [0, 0.1) is 5.41 Å². The second kappa shape index (κ2) is 7.26. The van der Waals surface area contributed by atoms with Gasteiger partial charge in [0.2, 0.25) is 0 Å². The molecule has 1 spiro atoms. The van der Waals surface area contributed by atoms with Crippen LogP contribution in [0.15, 0.2) is 0 Å². The quantitative estimate of drug-likeness (QED) is 0.684. The fraction of sp³-hybridized carbons (Fsp3) is 1.00. The molecule has 2 fully saturated rings. The molecule has 2 atom stereocenters. The predicted octanol–water partition coefficient (Wildman–Crippen LogP) is 4.67. The highest BCUT2D eigenvalue weighted by Gasteiger charge is 2.42. The zero-order chi connectivity index (χ0) is 14.5. The Kier molecular flexibility index (Phi) is 5.92. The van der Waals surface area contributed by atoms with E-state index in [1.165, 1.54) is 64.2 Å². The molecule has 1 aliphatic heterocycles. The van der Waals surface area contributed by atoms with Gasteiger partial charge in [0.25, 0.3) is 0 Å². The largest absolute Gasteiger partial charge is 0.372 e. The Morgan fingerprint density at radius 2 is 1.90 bits per heavy atom. The summed E-state index contributed by atoms with van der Waals surface area (Å²) in [5.74, 6) is 0. The molecule has 1 saturated carbocycles. The summed E-state index contributed by atoms with van der Waals surface area (Å²) in [7, 11) is 0. The predicted molar refractivity (Wildman–Crippen MR) is 86.1 cm³/mol. The highest BCUT2D eigenvalue weighted by Crippen LogP contribution is 2.44. The lowest BCUT2D eigenvalue weighted by Gasteiger charge is -2.36. The molecule has 2 aliphatic rings. The zero-order valence-corrected chi connectivity index (χ0v) is 14.0. The minimum absolute atomic E-state index is 0.286. The topological polar surface area (TPSA) is 21.3 Å². The Morgan fingerprint density at radius 1 is 1.15 bits per heavy atom. The lowest BCUT2D eigenvalue weighted by atomic mass is 9.80. The Labute approximate surface area is 126 Å². The maximum atomic E-state index is 6.57. The summed E-state index contributed by atoms with van der Waals surface area (Å²) < 4.78 is 6.57. The Morgan fingerprint density at radius 3 is 2.55 bits per heavy atom. The van der Waals surface area contributed by atoms with Gasteiger partial charge in [0.1, 0.15) is 0 Å². The normalized spacial score (nSPS) is 28.6. The third-order valence-electron chi connectivity index (χ3n) is 5.66. The van der Waals surface area contributed by atoms with Crippen molar-refractivity contribution in [1.82, 2.24) is 5.32 Å². The van der Waals surface area contributed by atoms with Gasteiger partial charge in [0.15, 0.2) is 0 Å². The van der Waals surface area contributed by atoms with Gasteiger partial charge in [-0.2, -0.15) is 0 Å². The Hall–Kier alpha value is -0.0800. The van der Waals surface area contributed by atoms with Crippen LogP contribution in [0.3, 0.4) is 0 Å². The molecule has 2 heteroatoms. The van der Waals surface area contributed by atoms with Gasteiger partial charge in [-0.25, -0.2) is 0 Å². The van der Waals surface area contributed by atoms with Crippen molar-refractivity contribution in [2.24, 2.45) is 5.41 Å². The maximum Gasteiger partial charge on any atom is 0.0687 e. The van der Waals surface area contributed by atoms with Crippen molar-refractivity contribution in [2.75, 3.05) is 13.1 Å². The first-order valence-corrected chi connectivity index (χ1v) is 9.00. The summed E-state index contributed by atoms with van der Waals surface area (Å²) in [5.41, 5.74) is 0.689. The molecule has 2 unspecified atom stereocenters. The van der Waals surface area contributed by atoms with Crippen molar-refractivity contribution >= 4 is 0 Å². The SMILES string of the molecule is CCCNCC(C)(CC)CC1CCC2(CCCCC2)O1. The average Bonchev–Trinajstić information content (AvgIpc) is 2.82. The van der Waals surface area contributed by atoms with Gasteiger partial charge in [-0.3, -0.25) is 0 Å². The third-order valence-corrected chi connectivity index (χ3v) is 5.66. The highest BCUT2D eigenvalue weighted by molar-refractivity contribution is 4.93. The van der Waals surface area contributed by atoms with E-state index in [-0.39, 0.29) is 5.60 Å². The fourth-order valence-electron chi connectivity index (χ4n) is 4.06. The Bertz CT molecular complexity index is 285. The van der Waals surface area contributed by atoms with Gasteiger partial charge in [-0.05, 0) is 56.9 Å². The fourth-order valence-corrected chi connectivity index (χ4v) is 4.06. The van der Waals surface area contributed by atoms with E-state index in [1.54, 1.807) is 0 Å². The summed E-state index contributed by atoms with van der Waals surface area (Å²) in [6.07, 6.45) is 13.7. The van der Waals surface area contributed by atoms with E-state index >= 15 is 0 Å². The molecule has 118 valence electrons. The van der Waals surface area contributed by atoms with Gasteiger partial charge < -0.3 is 10.1 Å². The number of hydrogen-bond donors (Lipinski definition) is 1. The first-order chi connectivity index (χ1) is 9.61. The molecule has 1 aliphatic carbocycles. The molecular weight excluding hydrogens is 246 g/mol. The van der Waals surface area contributed by atoms with Crippen molar-refractivity contribution in [3.63, 3.8) is 0 Å². The second-order valence-electron chi connectivity index (χ2n) is 7.57. The minimum Gasteiger partial charge on any atom is -0.372 e. The van der Waals surface area contributed by atoms with E-state index in [2.05, 4.69) is 26.1 Å². The number of nitrogens with one attached hydrogen (secondary N) is 1. The van der Waals surface area contributed by atoms with Crippen LogP contribution >= 0.6 is 0 Å². The standard InChI is InChI=1S/C18H35NO/c1-4-13-19-15-17(3,5-2)14-16-9-12-18(20-16)10-7-6-8-11-18/h16,19H,4-15H2,1-3H3. The van der Waals surface area contributed by atoms with Crippen LogP contribution in [-0.4, -0.2) is 24.8 Å². The van der Waals surface area contributed by atoms with Gasteiger partial charge in [-0.15, -0.1) is 0 Å². The van der Waals surface area contributed by atoms with Gasteiger partial charge in [-0.1, -0.05) is 40.0 Å². The van der Waals surface area contributed by atoms with E-state index in [1.807, 2.05) is 0 Å². The molecule has 0 aromatic rings. The summed E-state index contributed by atoms with van der Waals surface area (Å²) in [6.45, 7) is 9.29. The van der Waals surface area contributed by atoms with E-state index in [0.717, 1.165) is 13.1 Å². The van der Waals surface area contributed by atoms with Crippen molar-refractivity contribution in [1.29, 1.82) is 0 Å². The molecule has 0 radical (unpaired) electrons. The van der Waals surface area contributed by atoms with Crippen LogP contribution in [0.5, 0.6) is 0 Å². The zero-order valence-electron chi connectivity index (χ0n) is 14.0. The monoisotopic (exact) mass is 281 g/mol. The molecule has 1 N–H and O–H groups in total. The highest BCUT2D eigenvalue weighted by atomic mass is 16.5. The van der Waals surface area contributed by atoms with Crippen LogP contribution in [0.2, 0.25) is 0 Å². The number of hydrogen-bond acceptors (Lipinski definition) is 2. The molecule has 0 amide bonds.